The van der Waals surface area contributed by atoms with E-state index in [4.69, 9.17) is 0 Å². The third kappa shape index (κ3) is 4.80. The van der Waals surface area contributed by atoms with Crippen LogP contribution in [0.25, 0.3) is 0 Å². The molecule has 2 heterocycles. The van der Waals surface area contributed by atoms with Crippen LogP contribution in [0.15, 0.2) is 30.3 Å². The molecule has 1 atom stereocenters. The van der Waals surface area contributed by atoms with Gasteiger partial charge in [0.1, 0.15) is 0 Å². The van der Waals surface area contributed by atoms with Crippen molar-refractivity contribution in [3.63, 3.8) is 0 Å². The van der Waals surface area contributed by atoms with E-state index in [1.807, 2.05) is 35.2 Å². The molecule has 0 unspecified atom stereocenters. The normalized spacial score (nSPS) is 22.6. The van der Waals surface area contributed by atoms with Gasteiger partial charge in [0, 0.05) is 50.4 Å². The molecule has 2 aliphatic rings. The second-order valence-corrected chi connectivity index (χ2v) is 7.02. The zero-order valence-electron chi connectivity index (χ0n) is 14.9. The number of benzene rings is 1. The number of likely N-dealkylation sites (tertiary alicyclic amines) is 1. The minimum atomic E-state index is -0.0278. The lowest BCUT2D eigenvalue weighted by molar-refractivity contribution is -0.134. The second kappa shape index (κ2) is 8.45. The molecule has 2 saturated heterocycles. The molecule has 0 radical (unpaired) electrons. The predicted molar refractivity (Wildman–Crippen MR) is 97.4 cm³/mol. The first-order valence-corrected chi connectivity index (χ1v) is 9.22. The van der Waals surface area contributed by atoms with E-state index in [9.17, 15) is 9.59 Å². The summed E-state index contributed by atoms with van der Waals surface area (Å²) in [4.78, 5) is 29.0. The Morgan fingerprint density at radius 3 is 2.56 bits per heavy atom. The maximum absolute atomic E-state index is 12.5. The van der Waals surface area contributed by atoms with Crippen LogP contribution in [-0.4, -0.2) is 73.0 Å². The fourth-order valence-corrected chi connectivity index (χ4v) is 3.52. The van der Waals surface area contributed by atoms with Gasteiger partial charge < -0.3 is 15.5 Å². The van der Waals surface area contributed by atoms with E-state index in [1.54, 1.807) is 0 Å². The monoisotopic (exact) mass is 344 g/mol. The number of nitrogens with zero attached hydrogens (tertiary/aromatic N) is 2. The lowest BCUT2D eigenvalue weighted by atomic mass is 10.0. The van der Waals surface area contributed by atoms with Crippen molar-refractivity contribution >= 4 is 11.8 Å². The zero-order chi connectivity index (χ0) is 17.6. The topological polar surface area (TPSA) is 64.7 Å². The number of amides is 2. The Bertz CT molecular complexity index is 584. The van der Waals surface area contributed by atoms with Gasteiger partial charge in [0.25, 0.3) is 5.91 Å². The molecule has 1 aromatic rings. The molecule has 25 heavy (non-hydrogen) atoms. The maximum Gasteiger partial charge on any atom is 0.251 e. The minimum absolute atomic E-state index is 0.0278. The third-order valence-electron chi connectivity index (χ3n) is 5.20. The van der Waals surface area contributed by atoms with Crippen LogP contribution in [0.5, 0.6) is 0 Å². The molecule has 0 aliphatic carbocycles. The molecular weight excluding hydrogens is 316 g/mol. The molecule has 2 fully saturated rings. The summed E-state index contributed by atoms with van der Waals surface area (Å²) < 4.78 is 0. The van der Waals surface area contributed by atoms with Crippen LogP contribution >= 0.6 is 0 Å². The van der Waals surface area contributed by atoms with E-state index < -0.39 is 0 Å². The zero-order valence-corrected chi connectivity index (χ0v) is 14.9. The van der Waals surface area contributed by atoms with Crippen LogP contribution in [0.1, 0.15) is 30.1 Å². The van der Waals surface area contributed by atoms with Crippen molar-refractivity contribution < 1.29 is 9.59 Å². The van der Waals surface area contributed by atoms with Gasteiger partial charge in [-0.3, -0.25) is 14.5 Å². The Kier molecular flexibility index (Phi) is 6.04. The van der Waals surface area contributed by atoms with Gasteiger partial charge in [-0.15, -0.1) is 0 Å². The number of hydrogen-bond acceptors (Lipinski definition) is 4. The van der Waals surface area contributed by atoms with Gasteiger partial charge >= 0.3 is 0 Å². The Morgan fingerprint density at radius 2 is 1.88 bits per heavy atom. The number of carbonyl (C=O) groups is 2. The molecule has 1 aromatic carbocycles. The largest absolute Gasteiger partial charge is 0.349 e. The molecule has 6 heteroatoms. The predicted octanol–water partition coefficient (Wildman–Crippen LogP) is 0.701. The van der Waals surface area contributed by atoms with Gasteiger partial charge in [-0.05, 0) is 31.9 Å². The highest BCUT2D eigenvalue weighted by atomic mass is 16.2. The highest BCUT2D eigenvalue weighted by molar-refractivity contribution is 5.94. The van der Waals surface area contributed by atoms with Gasteiger partial charge in [-0.2, -0.15) is 0 Å². The summed E-state index contributed by atoms with van der Waals surface area (Å²) in [6, 6.07) is 9.83. The van der Waals surface area contributed by atoms with Crippen molar-refractivity contribution in [1.29, 1.82) is 0 Å². The molecule has 0 aromatic heterocycles. The SMILES string of the molecule is C[C@H]1CNCCN1CC(=O)N1CCC(NC(=O)c2ccccc2)CC1. The van der Waals surface area contributed by atoms with Gasteiger partial charge in [0.2, 0.25) is 5.91 Å². The average molecular weight is 344 g/mol. The van der Waals surface area contributed by atoms with E-state index in [1.165, 1.54) is 0 Å². The lowest BCUT2D eigenvalue weighted by Crippen LogP contribution is -2.54. The van der Waals surface area contributed by atoms with Crippen molar-refractivity contribution in [2.45, 2.75) is 31.8 Å². The van der Waals surface area contributed by atoms with Crippen molar-refractivity contribution in [3.8, 4) is 0 Å². The maximum atomic E-state index is 12.5. The Balaban J connectivity index is 1.43. The summed E-state index contributed by atoms with van der Waals surface area (Å²) in [5, 5.41) is 6.44. The minimum Gasteiger partial charge on any atom is -0.349 e. The third-order valence-corrected chi connectivity index (χ3v) is 5.20. The molecule has 0 spiro atoms. The van der Waals surface area contributed by atoms with Gasteiger partial charge in [-0.25, -0.2) is 0 Å². The van der Waals surface area contributed by atoms with Gasteiger partial charge in [0.05, 0.1) is 6.54 Å². The van der Waals surface area contributed by atoms with E-state index in [-0.39, 0.29) is 17.9 Å². The molecular formula is C19H28N4O2. The first kappa shape index (κ1) is 17.9. The summed E-state index contributed by atoms with van der Waals surface area (Å²) >= 11 is 0. The van der Waals surface area contributed by atoms with E-state index in [0.29, 0.717) is 18.2 Å². The highest BCUT2D eigenvalue weighted by Gasteiger charge is 2.27. The first-order valence-electron chi connectivity index (χ1n) is 9.22. The van der Waals surface area contributed by atoms with Crippen LogP contribution in [0.2, 0.25) is 0 Å². The number of nitrogens with one attached hydrogen (secondary N) is 2. The molecule has 2 amide bonds. The summed E-state index contributed by atoms with van der Waals surface area (Å²) in [5.41, 5.74) is 0.689. The highest BCUT2D eigenvalue weighted by Crippen LogP contribution is 2.13. The van der Waals surface area contributed by atoms with E-state index >= 15 is 0 Å². The molecule has 2 N–H and O–H groups in total. The van der Waals surface area contributed by atoms with Crippen molar-refractivity contribution in [2.24, 2.45) is 0 Å². The summed E-state index contributed by atoms with van der Waals surface area (Å²) in [6.07, 6.45) is 1.64. The Hall–Kier alpha value is -1.92. The molecule has 2 aliphatic heterocycles. The second-order valence-electron chi connectivity index (χ2n) is 7.02. The molecule has 0 saturated carbocycles. The Morgan fingerprint density at radius 1 is 1.16 bits per heavy atom. The Labute approximate surface area is 149 Å². The molecule has 136 valence electrons. The van der Waals surface area contributed by atoms with Crippen LogP contribution < -0.4 is 10.6 Å². The summed E-state index contributed by atoms with van der Waals surface area (Å²) in [7, 11) is 0. The number of piperazine rings is 1. The molecule has 3 rings (SSSR count). The first-order chi connectivity index (χ1) is 12.1. The lowest BCUT2D eigenvalue weighted by Gasteiger charge is -2.37. The number of piperidine rings is 1. The molecule has 0 bridgehead atoms. The summed E-state index contributed by atoms with van der Waals surface area (Å²) in [5.74, 6) is 0.182. The summed E-state index contributed by atoms with van der Waals surface area (Å²) in [6.45, 7) is 6.93. The average Bonchev–Trinajstić information content (AvgIpc) is 2.65. The number of rotatable bonds is 4. The van der Waals surface area contributed by atoms with Gasteiger partial charge in [-0.1, -0.05) is 18.2 Å². The van der Waals surface area contributed by atoms with Crippen LogP contribution in [0, 0.1) is 0 Å². The van der Waals surface area contributed by atoms with Gasteiger partial charge in [0.15, 0.2) is 0 Å². The smallest absolute Gasteiger partial charge is 0.251 e. The van der Waals surface area contributed by atoms with E-state index in [2.05, 4.69) is 22.5 Å². The van der Waals surface area contributed by atoms with Crippen molar-refractivity contribution in [3.05, 3.63) is 35.9 Å². The van der Waals surface area contributed by atoms with Crippen LogP contribution in [0.3, 0.4) is 0 Å². The van der Waals surface area contributed by atoms with E-state index in [0.717, 1.165) is 45.6 Å². The van der Waals surface area contributed by atoms with Crippen LogP contribution in [0.4, 0.5) is 0 Å². The quantitative estimate of drug-likeness (QED) is 0.844. The van der Waals surface area contributed by atoms with Crippen molar-refractivity contribution in [1.82, 2.24) is 20.4 Å². The molecule has 6 nitrogen and oxygen atoms in total. The fraction of sp³-hybridized carbons (Fsp3) is 0.579. The van der Waals surface area contributed by atoms with Crippen molar-refractivity contribution in [2.75, 3.05) is 39.3 Å². The fourth-order valence-electron chi connectivity index (χ4n) is 3.52. The number of hydrogen-bond donors (Lipinski definition) is 2. The standard InChI is InChI=1S/C19H28N4O2/c1-15-13-20-9-12-23(15)14-18(24)22-10-7-17(8-11-22)21-19(25)16-5-3-2-4-6-16/h2-6,15,17,20H,7-14H2,1H3,(H,21,25)/t15-/m0/s1. The number of carbonyl (C=O) groups excluding carboxylic acids is 2. The van der Waals surface area contributed by atoms with Crippen LogP contribution in [-0.2, 0) is 4.79 Å².